The third-order valence-electron chi connectivity index (χ3n) is 2.76. The zero-order valence-electron chi connectivity index (χ0n) is 10.9. The van der Waals surface area contributed by atoms with E-state index in [4.69, 9.17) is 5.21 Å². The lowest BCUT2D eigenvalue weighted by Gasteiger charge is -2.06. The standard InChI is InChI=1S/C16H16N2O2/c19-16(18-20)10-9-13-5-4-6-14(11-13)12-17-15-7-2-1-3-8-15/h1-11,17,20H,12H2,(H,18,19)/b10-9+. The SMILES string of the molecule is O=C(/C=C/c1cccc(CNc2ccccc2)c1)NO. The molecular formula is C16H16N2O2. The number of para-hydroxylation sites is 1. The van der Waals surface area contributed by atoms with Gasteiger partial charge in [0, 0.05) is 18.3 Å². The van der Waals surface area contributed by atoms with Crippen LogP contribution in [0, 0.1) is 0 Å². The van der Waals surface area contributed by atoms with E-state index in [1.807, 2.05) is 54.6 Å². The van der Waals surface area contributed by atoms with Crippen molar-refractivity contribution in [2.24, 2.45) is 0 Å². The first kappa shape index (κ1) is 13.8. The molecule has 0 bridgehead atoms. The number of hydroxylamine groups is 1. The Morgan fingerprint density at radius 1 is 1.10 bits per heavy atom. The molecule has 4 nitrogen and oxygen atoms in total. The van der Waals surface area contributed by atoms with Crippen LogP contribution in [0.25, 0.3) is 6.08 Å². The molecule has 2 aromatic rings. The Balaban J connectivity index is 1.99. The molecule has 0 unspecified atom stereocenters. The smallest absolute Gasteiger partial charge is 0.267 e. The van der Waals surface area contributed by atoms with Gasteiger partial charge < -0.3 is 5.32 Å². The van der Waals surface area contributed by atoms with Crippen LogP contribution in [0.1, 0.15) is 11.1 Å². The first-order chi connectivity index (χ1) is 9.78. The van der Waals surface area contributed by atoms with Crippen molar-refractivity contribution in [3.8, 4) is 0 Å². The molecule has 0 saturated heterocycles. The number of rotatable bonds is 5. The van der Waals surface area contributed by atoms with Crippen LogP contribution in [0.2, 0.25) is 0 Å². The van der Waals surface area contributed by atoms with E-state index in [0.717, 1.165) is 16.8 Å². The molecule has 4 heteroatoms. The molecule has 20 heavy (non-hydrogen) atoms. The quantitative estimate of drug-likeness (QED) is 0.444. The highest BCUT2D eigenvalue weighted by Crippen LogP contribution is 2.11. The number of carbonyl (C=O) groups is 1. The number of anilines is 1. The molecule has 102 valence electrons. The number of benzene rings is 2. The molecule has 0 atom stereocenters. The molecule has 2 aromatic carbocycles. The fraction of sp³-hybridized carbons (Fsp3) is 0.0625. The lowest BCUT2D eigenvalue weighted by molar-refractivity contribution is -0.124. The summed E-state index contributed by atoms with van der Waals surface area (Å²) in [5, 5.41) is 11.7. The summed E-state index contributed by atoms with van der Waals surface area (Å²) >= 11 is 0. The molecule has 0 heterocycles. The second-order valence-electron chi connectivity index (χ2n) is 4.27. The van der Waals surface area contributed by atoms with Gasteiger partial charge in [0.05, 0.1) is 0 Å². The molecule has 3 N–H and O–H groups in total. The van der Waals surface area contributed by atoms with Gasteiger partial charge in [-0.1, -0.05) is 36.4 Å². The average Bonchev–Trinajstić information content (AvgIpc) is 2.52. The monoisotopic (exact) mass is 268 g/mol. The van der Waals surface area contributed by atoms with E-state index in [1.54, 1.807) is 11.6 Å². The second-order valence-corrected chi connectivity index (χ2v) is 4.27. The van der Waals surface area contributed by atoms with E-state index in [9.17, 15) is 4.79 Å². The number of amides is 1. The van der Waals surface area contributed by atoms with Crippen molar-refractivity contribution in [2.75, 3.05) is 5.32 Å². The number of hydrogen-bond donors (Lipinski definition) is 3. The lowest BCUT2D eigenvalue weighted by atomic mass is 10.1. The third-order valence-corrected chi connectivity index (χ3v) is 2.76. The molecule has 0 saturated carbocycles. The van der Waals surface area contributed by atoms with Gasteiger partial charge in [-0.2, -0.15) is 0 Å². The Labute approximate surface area is 117 Å². The summed E-state index contributed by atoms with van der Waals surface area (Å²) in [6, 6.07) is 17.8. The minimum absolute atomic E-state index is 0.544. The maximum absolute atomic E-state index is 10.9. The highest BCUT2D eigenvalue weighted by Gasteiger charge is 1.96. The van der Waals surface area contributed by atoms with Crippen molar-refractivity contribution in [1.29, 1.82) is 0 Å². The first-order valence-corrected chi connectivity index (χ1v) is 6.28. The highest BCUT2D eigenvalue weighted by atomic mass is 16.5. The first-order valence-electron chi connectivity index (χ1n) is 6.28. The van der Waals surface area contributed by atoms with Crippen molar-refractivity contribution in [1.82, 2.24) is 5.48 Å². The Kier molecular flexibility index (Phi) is 4.92. The fourth-order valence-corrected chi connectivity index (χ4v) is 1.78. The summed E-state index contributed by atoms with van der Waals surface area (Å²) < 4.78 is 0. The second kappa shape index (κ2) is 7.11. The third kappa shape index (κ3) is 4.26. The minimum atomic E-state index is -0.544. The summed E-state index contributed by atoms with van der Waals surface area (Å²) in [5.41, 5.74) is 4.64. The fourth-order valence-electron chi connectivity index (χ4n) is 1.78. The van der Waals surface area contributed by atoms with Crippen LogP contribution in [0.4, 0.5) is 5.69 Å². The van der Waals surface area contributed by atoms with E-state index in [-0.39, 0.29) is 0 Å². The van der Waals surface area contributed by atoms with Gasteiger partial charge in [-0.05, 0) is 35.4 Å². The topological polar surface area (TPSA) is 61.4 Å². The number of hydrogen-bond acceptors (Lipinski definition) is 3. The summed E-state index contributed by atoms with van der Waals surface area (Å²) in [4.78, 5) is 10.9. The predicted octanol–water partition coefficient (Wildman–Crippen LogP) is 2.82. The van der Waals surface area contributed by atoms with Crippen molar-refractivity contribution >= 4 is 17.7 Å². The lowest BCUT2D eigenvalue weighted by Crippen LogP contribution is -2.14. The maximum Gasteiger partial charge on any atom is 0.267 e. The molecule has 0 aliphatic carbocycles. The van der Waals surface area contributed by atoms with Gasteiger partial charge in [-0.3, -0.25) is 10.0 Å². The van der Waals surface area contributed by atoms with Crippen LogP contribution in [-0.4, -0.2) is 11.1 Å². The average molecular weight is 268 g/mol. The number of nitrogens with one attached hydrogen (secondary N) is 2. The molecule has 1 amide bonds. The molecule has 2 rings (SSSR count). The van der Waals surface area contributed by atoms with Gasteiger partial charge in [-0.25, -0.2) is 5.48 Å². The molecule has 0 radical (unpaired) electrons. The zero-order valence-corrected chi connectivity index (χ0v) is 10.9. The molecule has 0 fully saturated rings. The molecule has 0 aromatic heterocycles. The van der Waals surface area contributed by atoms with E-state index in [2.05, 4.69) is 5.32 Å². The maximum atomic E-state index is 10.9. The van der Waals surface area contributed by atoms with Crippen LogP contribution in [0.5, 0.6) is 0 Å². The van der Waals surface area contributed by atoms with Crippen LogP contribution < -0.4 is 10.8 Å². The molecule has 0 aliphatic heterocycles. The Morgan fingerprint density at radius 3 is 2.65 bits per heavy atom. The van der Waals surface area contributed by atoms with Crippen molar-refractivity contribution in [3.63, 3.8) is 0 Å². The Hall–Kier alpha value is -2.59. The molecule has 0 aliphatic rings. The van der Waals surface area contributed by atoms with E-state index in [1.165, 1.54) is 6.08 Å². The van der Waals surface area contributed by atoms with Crippen molar-refractivity contribution in [2.45, 2.75) is 6.54 Å². The normalized spacial score (nSPS) is 10.4. The highest BCUT2D eigenvalue weighted by molar-refractivity contribution is 5.90. The summed E-state index contributed by atoms with van der Waals surface area (Å²) in [7, 11) is 0. The van der Waals surface area contributed by atoms with Crippen LogP contribution in [-0.2, 0) is 11.3 Å². The minimum Gasteiger partial charge on any atom is -0.381 e. The predicted molar refractivity (Wildman–Crippen MR) is 79.2 cm³/mol. The molecule has 0 spiro atoms. The largest absolute Gasteiger partial charge is 0.381 e. The van der Waals surface area contributed by atoms with Crippen LogP contribution in [0.15, 0.2) is 60.7 Å². The summed E-state index contributed by atoms with van der Waals surface area (Å²) in [5.74, 6) is -0.544. The Morgan fingerprint density at radius 2 is 1.90 bits per heavy atom. The van der Waals surface area contributed by atoms with E-state index in [0.29, 0.717) is 6.54 Å². The van der Waals surface area contributed by atoms with E-state index >= 15 is 0 Å². The van der Waals surface area contributed by atoms with Gasteiger partial charge >= 0.3 is 0 Å². The van der Waals surface area contributed by atoms with E-state index < -0.39 is 5.91 Å². The summed E-state index contributed by atoms with van der Waals surface area (Å²) in [6.45, 7) is 0.706. The van der Waals surface area contributed by atoms with Gasteiger partial charge in [-0.15, -0.1) is 0 Å². The van der Waals surface area contributed by atoms with Gasteiger partial charge in [0.1, 0.15) is 0 Å². The van der Waals surface area contributed by atoms with Gasteiger partial charge in [0.15, 0.2) is 0 Å². The Bertz CT molecular complexity index is 594. The number of carbonyl (C=O) groups excluding carboxylic acids is 1. The van der Waals surface area contributed by atoms with Gasteiger partial charge in [0.25, 0.3) is 5.91 Å². The van der Waals surface area contributed by atoms with Crippen molar-refractivity contribution in [3.05, 3.63) is 71.8 Å². The van der Waals surface area contributed by atoms with Crippen molar-refractivity contribution < 1.29 is 10.0 Å². The molecular weight excluding hydrogens is 252 g/mol. The summed E-state index contributed by atoms with van der Waals surface area (Å²) in [6.07, 6.45) is 2.93. The zero-order chi connectivity index (χ0) is 14.2. The van der Waals surface area contributed by atoms with Gasteiger partial charge in [0.2, 0.25) is 0 Å². The van der Waals surface area contributed by atoms with Crippen LogP contribution >= 0.6 is 0 Å². The van der Waals surface area contributed by atoms with Crippen LogP contribution in [0.3, 0.4) is 0 Å².